The van der Waals surface area contributed by atoms with Crippen molar-refractivity contribution in [3.05, 3.63) is 0 Å². The van der Waals surface area contributed by atoms with Gasteiger partial charge in [-0.1, -0.05) is 11.1 Å². The Hall–Kier alpha value is -0.873. The lowest BCUT2D eigenvalue weighted by Crippen LogP contribution is -2.54. The summed E-state index contributed by atoms with van der Waals surface area (Å²) < 4.78 is 238. The Labute approximate surface area is 187 Å². The minimum Gasteiger partial charge on any atom is -0.355 e. The second-order valence-corrected chi connectivity index (χ2v) is 9.56. The molecule has 0 amide bonds. The summed E-state index contributed by atoms with van der Waals surface area (Å²) in [6.45, 7) is -9.13. The molecule has 0 aromatic carbocycles. The summed E-state index contributed by atoms with van der Waals surface area (Å²) in [6.07, 6.45) is -34.4. The van der Waals surface area contributed by atoms with Crippen LogP contribution in [0, 0.1) is 0 Å². The Bertz CT molecular complexity index is 591. The highest BCUT2D eigenvalue weighted by Gasteiger charge is 2.62. The van der Waals surface area contributed by atoms with Gasteiger partial charge in [0, 0.05) is 0 Å². The van der Waals surface area contributed by atoms with Crippen LogP contribution in [-0.4, -0.2) is 82.7 Å². The van der Waals surface area contributed by atoms with Crippen molar-refractivity contribution in [2.45, 2.75) is 54.8 Å². The van der Waals surface area contributed by atoms with Gasteiger partial charge >= 0.3 is 44.4 Å². The summed E-state index contributed by atoms with van der Waals surface area (Å²) in [5.41, 5.74) is 0. The molecule has 0 spiro atoms. The van der Waals surface area contributed by atoms with Crippen LogP contribution in [0.2, 0.25) is 0 Å². The van der Waals surface area contributed by atoms with E-state index in [-0.39, 0.29) is 0 Å². The van der Waals surface area contributed by atoms with Crippen LogP contribution in [0.4, 0.5) is 79.0 Å². The van der Waals surface area contributed by atoms with E-state index in [1.807, 2.05) is 0 Å². The normalized spacial score (nSPS) is 17.9. The Morgan fingerprint density at radius 3 is 0.771 bits per heavy atom. The molecular weight excluding hydrogens is 598 g/mol. The topological polar surface area (TPSA) is 27.7 Å². The van der Waals surface area contributed by atoms with Gasteiger partial charge in [-0.15, -0.1) is 0 Å². The van der Waals surface area contributed by atoms with Gasteiger partial charge in [-0.3, -0.25) is 0 Å². The summed E-state index contributed by atoms with van der Waals surface area (Å²) in [7, 11) is -6.46. The summed E-state index contributed by atoms with van der Waals surface area (Å²) >= 11 is 4.98. The van der Waals surface area contributed by atoms with Crippen molar-refractivity contribution in [1.82, 2.24) is 0 Å². The van der Waals surface area contributed by atoms with Gasteiger partial charge < -0.3 is 13.3 Å². The molecule has 0 aromatic heterocycles. The van der Waals surface area contributed by atoms with Crippen molar-refractivity contribution in [2.75, 3.05) is 19.8 Å². The van der Waals surface area contributed by atoms with Crippen molar-refractivity contribution >= 4 is 19.2 Å². The first-order chi connectivity index (χ1) is 15.1. The van der Waals surface area contributed by atoms with Crippen molar-refractivity contribution in [3.63, 3.8) is 0 Å². The maximum absolute atomic E-state index is 13.3. The highest BCUT2D eigenvalue weighted by Crippen LogP contribution is 2.39. The summed E-state index contributed by atoms with van der Waals surface area (Å²) in [5, 5.41) is 0. The van der Waals surface area contributed by atoms with Gasteiger partial charge in [-0.25, -0.2) is 39.5 Å². The maximum Gasteiger partial charge on any atom is 0.613 e. The fraction of sp³-hybridized carbons (Fsp3) is 1.00. The Kier molecular flexibility index (Phi) is 10.6. The van der Waals surface area contributed by atoms with Crippen molar-refractivity contribution < 1.29 is 92.3 Å². The molecule has 0 rings (SSSR count). The third-order valence-corrected chi connectivity index (χ3v) is 5.74. The van der Waals surface area contributed by atoms with Crippen LogP contribution in [0.25, 0.3) is 0 Å². The van der Waals surface area contributed by atoms with Crippen LogP contribution >= 0.6 is 11.1 Å². The van der Waals surface area contributed by atoms with Crippen LogP contribution in [0.1, 0.15) is 0 Å². The van der Waals surface area contributed by atoms with E-state index in [4.69, 9.17) is 11.1 Å². The lowest BCUT2D eigenvalue weighted by molar-refractivity contribution is -0.259. The molecule has 0 radical (unpaired) electrons. The zero-order chi connectivity index (χ0) is 28.5. The number of hydrogen-bond donors (Lipinski definition) is 0. The van der Waals surface area contributed by atoms with Crippen molar-refractivity contribution in [3.8, 4) is 0 Å². The van der Waals surface area contributed by atoms with E-state index in [1.54, 1.807) is 0 Å². The average Bonchev–Trinajstić information content (AvgIpc) is 2.66. The molecule has 0 aliphatic carbocycles. The molecule has 0 heterocycles. The zero-order valence-electron chi connectivity index (χ0n) is 15.8. The predicted octanol–water partition coefficient (Wildman–Crippen LogP) is 6.32. The van der Waals surface area contributed by atoms with Crippen molar-refractivity contribution in [2.24, 2.45) is 0 Å². The quantitative estimate of drug-likeness (QED) is 0.148. The average molecular weight is 607 g/mol. The first-order valence-electron chi connectivity index (χ1n) is 7.95. The minimum atomic E-state index is -6.46. The van der Waals surface area contributed by atoms with E-state index in [0.717, 1.165) is 0 Å². The molecule has 3 atom stereocenters. The highest BCUT2D eigenvalue weighted by atomic mass is 35.6. The maximum atomic E-state index is 13.3. The van der Waals surface area contributed by atoms with E-state index in [2.05, 4.69) is 13.3 Å². The molecule has 0 aromatic rings. The van der Waals surface area contributed by atoms with Gasteiger partial charge in [-0.05, 0) is 0 Å². The molecule has 0 unspecified atom stereocenters. The van der Waals surface area contributed by atoms with Gasteiger partial charge in [0.05, 0.1) is 0 Å². The van der Waals surface area contributed by atoms with E-state index >= 15 is 0 Å². The van der Waals surface area contributed by atoms with Gasteiger partial charge in [0.15, 0.2) is 0 Å². The van der Waals surface area contributed by atoms with Crippen LogP contribution in [-0.2, 0) is 13.3 Å². The molecule has 35 heavy (non-hydrogen) atoms. The van der Waals surface area contributed by atoms with Crippen LogP contribution in [0.5, 0.6) is 0 Å². The van der Waals surface area contributed by atoms with Gasteiger partial charge in [0.25, 0.3) is 18.5 Å². The first-order valence-corrected chi connectivity index (χ1v) is 10.7. The molecular formula is C12H9ClF18O3Si. The predicted molar refractivity (Wildman–Crippen MR) is 77.2 cm³/mol. The standard InChI is InChI=1S/C12H9ClF18O3Si/c13-35(32-1-7(17,18)4(14)10(23,24)25,33-2-8(19,20)5(15)11(26,27)28)34-3-9(21,22)6(16)12(29,30)31/h4-6H,1-3H2/t4-,5-,6-/m0/s1. The summed E-state index contributed by atoms with van der Waals surface area (Å²) in [6, 6.07) is 0. The smallest absolute Gasteiger partial charge is 0.355 e. The monoisotopic (exact) mass is 606 g/mol. The van der Waals surface area contributed by atoms with Crippen LogP contribution in [0.3, 0.4) is 0 Å². The number of hydrogen-bond acceptors (Lipinski definition) is 3. The molecule has 0 N–H and O–H groups in total. The Balaban J connectivity index is 5.83. The van der Waals surface area contributed by atoms with Crippen LogP contribution in [0.15, 0.2) is 0 Å². The number of rotatable bonds is 12. The van der Waals surface area contributed by atoms with E-state index in [9.17, 15) is 79.0 Å². The van der Waals surface area contributed by atoms with Gasteiger partial charge in [0.2, 0.25) is 0 Å². The third kappa shape index (κ3) is 10.2. The molecule has 0 aliphatic heterocycles. The van der Waals surface area contributed by atoms with Crippen LogP contribution < -0.4 is 0 Å². The molecule has 212 valence electrons. The summed E-state index contributed by atoms with van der Waals surface area (Å²) in [5.74, 6) is -17.2. The number of alkyl halides is 18. The van der Waals surface area contributed by atoms with Crippen molar-refractivity contribution in [1.29, 1.82) is 0 Å². The Morgan fingerprint density at radius 2 is 0.629 bits per heavy atom. The second kappa shape index (κ2) is 10.9. The first kappa shape index (κ1) is 34.1. The third-order valence-electron chi connectivity index (χ3n) is 3.29. The lowest BCUT2D eigenvalue weighted by atomic mass is 10.2. The SMILES string of the molecule is F[C@H](C(F)(F)F)C(F)(F)CO[Si](Cl)(OCC(F)(F)[C@H](F)C(F)(F)F)OCC(F)(F)[C@H](F)C(F)(F)F. The van der Waals surface area contributed by atoms with E-state index < -0.39 is 82.7 Å². The molecule has 0 aliphatic rings. The molecule has 0 saturated heterocycles. The largest absolute Gasteiger partial charge is 0.613 e. The zero-order valence-corrected chi connectivity index (χ0v) is 17.5. The second-order valence-electron chi connectivity index (χ2n) is 6.34. The molecule has 23 heteroatoms. The number of halogens is 19. The summed E-state index contributed by atoms with van der Waals surface area (Å²) in [4.78, 5) is 0. The Morgan fingerprint density at radius 1 is 0.457 bits per heavy atom. The van der Waals surface area contributed by atoms with Gasteiger partial charge in [-0.2, -0.15) is 39.5 Å². The van der Waals surface area contributed by atoms with E-state index in [0.29, 0.717) is 0 Å². The highest BCUT2D eigenvalue weighted by molar-refractivity contribution is 7.09. The molecule has 3 nitrogen and oxygen atoms in total. The van der Waals surface area contributed by atoms with E-state index in [1.165, 1.54) is 0 Å². The molecule has 0 saturated carbocycles. The minimum absolute atomic E-state index is 3.04. The molecule has 0 fully saturated rings. The lowest BCUT2D eigenvalue weighted by Gasteiger charge is -2.31. The molecule has 0 bridgehead atoms. The van der Waals surface area contributed by atoms with Gasteiger partial charge in [0.1, 0.15) is 19.8 Å². The fourth-order valence-electron chi connectivity index (χ4n) is 1.61. The fourth-order valence-corrected chi connectivity index (χ4v) is 3.45.